The molecule has 1 aliphatic heterocycles. The van der Waals surface area contributed by atoms with Crippen LogP contribution in [0, 0.1) is 0 Å². The van der Waals surface area contributed by atoms with E-state index >= 15 is 0 Å². The Balaban J connectivity index is 1.41. The Morgan fingerprint density at radius 2 is 1.71 bits per heavy atom. The molecule has 0 aliphatic carbocycles. The zero-order valence-corrected chi connectivity index (χ0v) is 15.2. The number of hydrogen-bond acceptors (Lipinski definition) is 4. The lowest BCUT2D eigenvalue weighted by molar-refractivity contribution is -0.131. The summed E-state index contributed by atoms with van der Waals surface area (Å²) in [5, 5.41) is 8.94. The minimum absolute atomic E-state index is 0.00548. The summed E-state index contributed by atoms with van der Waals surface area (Å²) in [6.45, 7) is 1.14. The number of likely N-dealkylation sites (tertiary alicyclic amines) is 1. The van der Waals surface area contributed by atoms with Gasteiger partial charge in [0.15, 0.2) is 5.58 Å². The molecule has 1 saturated heterocycles. The predicted molar refractivity (Wildman–Crippen MR) is 102 cm³/mol. The highest BCUT2D eigenvalue weighted by Gasteiger charge is 2.26. The highest BCUT2D eigenvalue weighted by Crippen LogP contribution is 2.26. The van der Waals surface area contributed by atoms with E-state index in [1.54, 1.807) is 27.7 Å². The number of amides is 1. The first-order valence-electron chi connectivity index (χ1n) is 9.23. The van der Waals surface area contributed by atoms with Crippen LogP contribution in [0.3, 0.4) is 0 Å². The van der Waals surface area contributed by atoms with Gasteiger partial charge in [0.2, 0.25) is 5.91 Å². The zero-order chi connectivity index (χ0) is 19.7. The topological polar surface area (TPSA) is 92.8 Å². The fourth-order valence-corrected chi connectivity index (χ4v) is 3.75. The first-order chi connectivity index (χ1) is 13.5. The quantitative estimate of drug-likeness (QED) is 0.751. The highest BCUT2D eigenvalue weighted by atomic mass is 16.4. The Kier molecular flexibility index (Phi) is 4.73. The number of benzene rings is 2. The average molecular weight is 380 g/mol. The number of hydrogen-bond donors (Lipinski definition) is 1. The molecule has 1 aromatic heterocycles. The predicted octanol–water partition coefficient (Wildman–Crippen LogP) is 2.70. The number of carbonyl (C=O) groups excluding carboxylic acids is 1. The van der Waals surface area contributed by atoms with Crippen molar-refractivity contribution in [1.82, 2.24) is 9.47 Å². The van der Waals surface area contributed by atoms with Crippen molar-refractivity contribution in [3.8, 4) is 0 Å². The van der Waals surface area contributed by atoms with Crippen molar-refractivity contribution in [2.75, 3.05) is 13.1 Å². The molecule has 4 rings (SSSR count). The first kappa shape index (κ1) is 18.0. The number of carboxylic acids is 1. The lowest BCUT2D eigenvalue weighted by Gasteiger charge is -2.32. The third-order valence-corrected chi connectivity index (χ3v) is 5.26. The maximum Gasteiger partial charge on any atom is 0.420 e. The van der Waals surface area contributed by atoms with E-state index in [-0.39, 0.29) is 29.7 Å². The van der Waals surface area contributed by atoms with E-state index in [1.165, 1.54) is 12.1 Å². The molecule has 28 heavy (non-hydrogen) atoms. The van der Waals surface area contributed by atoms with Crippen molar-refractivity contribution < 1.29 is 19.1 Å². The van der Waals surface area contributed by atoms with E-state index in [0.29, 0.717) is 31.5 Å². The van der Waals surface area contributed by atoms with Gasteiger partial charge in [0.1, 0.15) is 0 Å². The van der Waals surface area contributed by atoms with Crippen LogP contribution in [-0.4, -0.2) is 39.5 Å². The summed E-state index contributed by atoms with van der Waals surface area (Å²) >= 11 is 0. The van der Waals surface area contributed by atoms with Crippen molar-refractivity contribution in [1.29, 1.82) is 0 Å². The van der Waals surface area contributed by atoms with Crippen LogP contribution in [0.1, 0.15) is 34.8 Å². The second-order valence-corrected chi connectivity index (χ2v) is 7.00. The van der Waals surface area contributed by atoms with Gasteiger partial charge in [-0.1, -0.05) is 24.3 Å². The lowest BCUT2D eigenvalue weighted by atomic mass is 10.0. The standard InChI is InChI=1S/C21H20N2O5/c24-19(13-14-5-7-15(8-6-14)20(25)26)22-11-9-16(10-12-22)23-17-3-1-2-4-18(17)28-21(23)27/h1-8,16H,9-13H2,(H,25,26). The summed E-state index contributed by atoms with van der Waals surface area (Å²) in [6.07, 6.45) is 1.61. The van der Waals surface area contributed by atoms with E-state index < -0.39 is 5.97 Å². The van der Waals surface area contributed by atoms with Crippen molar-refractivity contribution in [3.63, 3.8) is 0 Å². The van der Waals surface area contributed by atoms with E-state index in [2.05, 4.69) is 0 Å². The first-order valence-corrected chi connectivity index (χ1v) is 9.23. The smallest absolute Gasteiger partial charge is 0.420 e. The van der Waals surface area contributed by atoms with Gasteiger partial charge in [-0.2, -0.15) is 0 Å². The van der Waals surface area contributed by atoms with Crippen LogP contribution in [0.2, 0.25) is 0 Å². The van der Waals surface area contributed by atoms with Crippen LogP contribution in [0.5, 0.6) is 0 Å². The normalized spacial score (nSPS) is 15.1. The van der Waals surface area contributed by atoms with E-state index in [9.17, 15) is 14.4 Å². The number of rotatable bonds is 4. The number of carboxylic acid groups (broad SMARTS) is 1. The average Bonchev–Trinajstić information content (AvgIpc) is 3.04. The molecule has 144 valence electrons. The highest BCUT2D eigenvalue weighted by molar-refractivity contribution is 5.87. The van der Waals surface area contributed by atoms with E-state index in [0.717, 1.165) is 11.1 Å². The Hall–Kier alpha value is -3.35. The molecule has 1 aliphatic rings. The Labute approximate surface area is 160 Å². The molecular weight excluding hydrogens is 360 g/mol. The summed E-state index contributed by atoms with van der Waals surface area (Å²) in [7, 11) is 0. The number of para-hydroxylation sites is 2. The van der Waals surface area contributed by atoms with Crippen molar-refractivity contribution in [2.45, 2.75) is 25.3 Å². The van der Waals surface area contributed by atoms with Gasteiger partial charge in [-0.25, -0.2) is 9.59 Å². The zero-order valence-electron chi connectivity index (χ0n) is 15.2. The van der Waals surface area contributed by atoms with Crippen molar-refractivity contribution in [3.05, 3.63) is 70.2 Å². The van der Waals surface area contributed by atoms with Gasteiger partial charge in [0.25, 0.3) is 0 Å². The largest absolute Gasteiger partial charge is 0.478 e. The van der Waals surface area contributed by atoms with Crippen molar-refractivity contribution in [2.24, 2.45) is 0 Å². The van der Waals surface area contributed by atoms with Crippen LogP contribution in [0.25, 0.3) is 11.1 Å². The third-order valence-electron chi connectivity index (χ3n) is 5.26. The Morgan fingerprint density at radius 3 is 2.39 bits per heavy atom. The van der Waals surface area contributed by atoms with Gasteiger partial charge in [0.05, 0.1) is 17.5 Å². The minimum atomic E-state index is -0.984. The molecule has 7 heteroatoms. The molecular formula is C21H20N2O5. The molecule has 7 nitrogen and oxygen atoms in total. The van der Waals surface area contributed by atoms with Gasteiger partial charge in [-0.05, 0) is 42.7 Å². The molecule has 1 amide bonds. The van der Waals surface area contributed by atoms with Crippen LogP contribution < -0.4 is 5.76 Å². The molecule has 2 heterocycles. The van der Waals surface area contributed by atoms with Crippen LogP contribution in [0.15, 0.2) is 57.7 Å². The fourth-order valence-electron chi connectivity index (χ4n) is 3.75. The van der Waals surface area contributed by atoms with Gasteiger partial charge < -0.3 is 14.4 Å². The molecule has 0 radical (unpaired) electrons. The Bertz CT molecular complexity index is 1070. The van der Waals surface area contributed by atoms with Crippen LogP contribution >= 0.6 is 0 Å². The van der Waals surface area contributed by atoms with Gasteiger partial charge >= 0.3 is 11.7 Å². The summed E-state index contributed by atoms with van der Waals surface area (Å²) < 4.78 is 7.01. The second kappa shape index (κ2) is 7.34. The summed E-state index contributed by atoms with van der Waals surface area (Å²) in [5.41, 5.74) is 2.36. The molecule has 0 unspecified atom stereocenters. The lowest BCUT2D eigenvalue weighted by Crippen LogP contribution is -2.41. The monoisotopic (exact) mass is 380 g/mol. The number of nitrogens with zero attached hydrogens (tertiary/aromatic N) is 2. The number of oxazole rings is 1. The molecule has 0 bridgehead atoms. The van der Waals surface area contributed by atoms with Crippen molar-refractivity contribution >= 4 is 23.0 Å². The molecule has 2 aromatic carbocycles. The fraction of sp³-hybridized carbons (Fsp3) is 0.286. The van der Waals surface area contributed by atoms with E-state index in [1.807, 2.05) is 18.2 Å². The maximum atomic E-state index is 12.6. The number of carbonyl (C=O) groups is 2. The summed E-state index contributed by atoms with van der Waals surface area (Å²) in [6, 6.07) is 13.7. The number of piperidine rings is 1. The number of fused-ring (bicyclic) bond motifs is 1. The maximum absolute atomic E-state index is 12.6. The van der Waals surface area contributed by atoms with Crippen LogP contribution in [-0.2, 0) is 11.2 Å². The second-order valence-electron chi connectivity index (χ2n) is 7.00. The molecule has 0 spiro atoms. The summed E-state index contributed by atoms with van der Waals surface area (Å²) in [5.74, 6) is -1.34. The molecule has 3 aromatic rings. The SMILES string of the molecule is O=C(O)c1ccc(CC(=O)N2CCC(n3c(=O)oc4ccccc43)CC2)cc1. The molecule has 1 fully saturated rings. The van der Waals surface area contributed by atoms with Gasteiger partial charge in [0, 0.05) is 19.1 Å². The van der Waals surface area contributed by atoms with Gasteiger partial charge in [-0.3, -0.25) is 9.36 Å². The Morgan fingerprint density at radius 1 is 1.04 bits per heavy atom. The minimum Gasteiger partial charge on any atom is -0.478 e. The van der Waals surface area contributed by atoms with E-state index in [4.69, 9.17) is 9.52 Å². The number of aromatic nitrogens is 1. The summed E-state index contributed by atoms with van der Waals surface area (Å²) in [4.78, 5) is 37.5. The molecule has 0 atom stereocenters. The molecule has 1 N–H and O–H groups in total. The molecule has 0 saturated carbocycles. The third kappa shape index (κ3) is 3.43. The number of aromatic carboxylic acids is 1. The van der Waals surface area contributed by atoms with Crippen LogP contribution in [0.4, 0.5) is 0 Å². The van der Waals surface area contributed by atoms with Gasteiger partial charge in [-0.15, -0.1) is 0 Å².